The molecule has 0 aliphatic heterocycles. The number of hydrogen-bond donors (Lipinski definition) is 1. The van der Waals surface area contributed by atoms with Crippen LogP contribution in [0.1, 0.15) is 68.9 Å². The molecule has 24 heavy (non-hydrogen) atoms. The minimum absolute atomic E-state index is 0.0828. The van der Waals surface area contributed by atoms with Crippen LogP contribution in [-0.2, 0) is 6.42 Å². The Labute approximate surface area is 146 Å². The van der Waals surface area contributed by atoms with E-state index in [1.807, 2.05) is 6.20 Å². The second-order valence-corrected chi connectivity index (χ2v) is 7.14. The highest BCUT2D eigenvalue weighted by Gasteiger charge is 2.20. The van der Waals surface area contributed by atoms with E-state index in [0.717, 1.165) is 37.8 Å². The predicted molar refractivity (Wildman–Crippen MR) is 100 cm³/mol. The first-order valence-corrected chi connectivity index (χ1v) is 9.49. The van der Waals surface area contributed by atoms with E-state index >= 15 is 0 Å². The van der Waals surface area contributed by atoms with Gasteiger partial charge in [0.25, 0.3) is 0 Å². The van der Waals surface area contributed by atoms with Gasteiger partial charge in [-0.3, -0.25) is 4.98 Å². The summed E-state index contributed by atoms with van der Waals surface area (Å²) in [6, 6.07) is 13.2. The summed E-state index contributed by atoms with van der Waals surface area (Å²) >= 11 is 0. The Morgan fingerprint density at radius 1 is 0.958 bits per heavy atom. The molecule has 0 spiro atoms. The number of rotatable bonds is 6. The van der Waals surface area contributed by atoms with E-state index in [0.29, 0.717) is 5.92 Å². The monoisotopic (exact) mass is 323 g/mol. The van der Waals surface area contributed by atoms with Crippen molar-refractivity contribution in [2.45, 2.75) is 70.3 Å². The lowest BCUT2D eigenvalue weighted by atomic mass is 9.82. The number of pyridine rings is 1. The van der Waals surface area contributed by atoms with Crippen molar-refractivity contribution < 1.29 is 5.11 Å². The van der Waals surface area contributed by atoms with E-state index in [2.05, 4.69) is 48.3 Å². The Morgan fingerprint density at radius 3 is 2.33 bits per heavy atom. The standard InChI is InChI=1S/C22H29NO/c1-2-3-4-5-17-6-15-22(23-16-17)20-9-7-18(8-10-20)19-11-13-21(24)14-12-19/h6-10,15-16,19,21,24H,2-5,11-14H2,1H3. The smallest absolute Gasteiger partial charge is 0.0702 e. The van der Waals surface area contributed by atoms with Crippen molar-refractivity contribution in [2.75, 3.05) is 0 Å². The largest absolute Gasteiger partial charge is 0.393 e. The first-order chi connectivity index (χ1) is 11.8. The molecule has 1 aromatic carbocycles. The van der Waals surface area contributed by atoms with E-state index in [1.54, 1.807) is 0 Å². The van der Waals surface area contributed by atoms with Crippen molar-refractivity contribution in [3.8, 4) is 11.3 Å². The summed E-state index contributed by atoms with van der Waals surface area (Å²) in [7, 11) is 0. The highest BCUT2D eigenvalue weighted by atomic mass is 16.3. The Kier molecular flexibility index (Phi) is 6.03. The van der Waals surface area contributed by atoms with Gasteiger partial charge in [-0.05, 0) is 61.6 Å². The molecule has 1 N–H and O–H groups in total. The van der Waals surface area contributed by atoms with Crippen LogP contribution in [0.15, 0.2) is 42.6 Å². The zero-order valence-electron chi connectivity index (χ0n) is 14.7. The van der Waals surface area contributed by atoms with Crippen molar-refractivity contribution in [2.24, 2.45) is 0 Å². The van der Waals surface area contributed by atoms with E-state index < -0.39 is 0 Å². The average Bonchev–Trinajstić information content (AvgIpc) is 2.63. The number of benzene rings is 1. The Hall–Kier alpha value is -1.67. The summed E-state index contributed by atoms with van der Waals surface area (Å²) in [6.07, 6.45) is 11.0. The molecule has 1 aromatic heterocycles. The second kappa shape index (κ2) is 8.43. The maximum Gasteiger partial charge on any atom is 0.0702 e. The molecule has 0 saturated heterocycles. The van der Waals surface area contributed by atoms with Gasteiger partial charge in [0.05, 0.1) is 11.8 Å². The molecule has 2 nitrogen and oxygen atoms in total. The molecule has 0 unspecified atom stereocenters. The molecular formula is C22H29NO. The Balaban J connectivity index is 1.62. The summed E-state index contributed by atoms with van der Waals surface area (Å²) < 4.78 is 0. The molecule has 0 atom stereocenters. The van der Waals surface area contributed by atoms with E-state index in [9.17, 15) is 5.11 Å². The molecule has 1 heterocycles. The summed E-state index contributed by atoms with van der Waals surface area (Å²) in [6.45, 7) is 2.24. The van der Waals surface area contributed by atoms with Crippen LogP contribution >= 0.6 is 0 Å². The fourth-order valence-electron chi connectivity index (χ4n) is 3.66. The summed E-state index contributed by atoms with van der Waals surface area (Å²) in [5.74, 6) is 0.608. The summed E-state index contributed by atoms with van der Waals surface area (Å²) in [4.78, 5) is 4.65. The third-order valence-electron chi connectivity index (χ3n) is 5.27. The predicted octanol–water partition coefficient (Wildman–Crippen LogP) is 5.50. The SMILES string of the molecule is CCCCCc1ccc(-c2ccc(C3CCC(O)CC3)cc2)nc1. The summed E-state index contributed by atoms with van der Waals surface area (Å²) in [5.41, 5.74) is 4.99. The van der Waals surface area contributed by atoms with E-state index in [4.69, 9.17) is 0 Å². The normalized spacial score (nSPS) is 20.9. The minimum Gasteiger partial charge on any atom is -0.393 e. The van der Waals surface area contributed by atoms with E-state index in [1.165, 1.54) is 36.0 Å². The Morgan fingerprint density at radius 2 is 1.71 bits per heavy atom. The van der Waals surface area contributed by atoms with Gasteiger partial charge in [0.1, 0.15) is 0 Å². The number of nitrogens with zero attached hydrogens (tertiary/aromatic N) is 1. The molecule has 3 rings (SSSR count). The fourth-order valence-corrected chi connectivity index (χ4v) is 3.66. The zero-order valence-corrected chi connectivity index (χ0v) is 14.7. The fraction of sp³-hybridized carbons (Fsp3) is 0.500. The Bertz CT molecular complexity index is 609. The van der Waals surface area contributed by atoms with Crippen molar-refractivity contribution in [3.05, 3.63) is 53.7 Å². The number of aryl methyl sites for hydroxylation is 1. The molecule has 0 bridgehead atoms. The van der Waals surface area contributed by atoms with Crippen molar-refractivity contribution >= 4 is 0 Å². The molecule has 1 fully saturated rings. The van der Waals surface area contributed by atoms with Crippen molar-refractivity contribution in [1.29, 1.82) is 0 Å². The second-order valence-electron chi connectivity index (χ2n) is 7.14. The van der Waals surface area contributed by atoms with Gasteiger partial charge in [-0.2, -0.15) is 0 Å². The molecule has 1 saturated carbocycles. The number of aliphatic hydroxyl groups is 1. The lowest BCUT2D eigenvalue weighted by Gasteiger charge is -2.25. The minimum atomic E-state index is -0.0828. The van der Waals surface area contributed by atoms with Gasteiger partial charge in [0, 0.05) is 11.8 Å². The van der Waals surface area contributed by atoms with Gasteiger partial charge in [0.15, 0.2) is 0 Å². The van der Waals surface area contributed by atoms with Crippen LogP contribution < -0.4 is 0 Å². The van der Waals surface area contributed by atoms with Crippen LogP contribution in [0.3, 0.4) is 0 Å². The highest BCUT2D eigenvalue weighted by molar-refractivity contribution is 5.59. The van der Waals surface area contributed by atoms with Crippen LogP contribution in [0.5, 0.6) is 0 Å². The maximum absolute atomic E-state index is 9.65. The van der Waals surface area contributed by atoms with Crippen molar-refractivity contribution in [3.63, 3.8) is 0 Å². The quantitative estimate of drug-likeness (QED) is 0.712. The van der Waals surface area contributed by atoms with Gasteiger partial charge < -0.3 is 5.11 Å². The van der Waals surface area contributed by atoms with Gasteiger partial charge in [-0.25, -0.2) is 0 Å². The number of aliphatic hydroxyl groups excluding tert-OH is 1. The van der Waals surface area contributed by atoms with Crippen LogP contribution in [0.25, 0.3) is 11.3 Å². The lowest BCUT2D eigenvalue weighted by molar-refractivity contribution is 0.122. The number of unbranched alkanes of at least 4 members (excludes halogenated alkanes) is 2. The molecule has 1 aliphatic rings. The molecule has 128 valence electrons. The van der Waals surface area contributed by atoms with Crippen molar-refractivity contribution in [1.82, 2.24) is 4.98 Å². The first kappa shape index (κ1) is 17.2. The third kappa shape index (κ3) is 4.45. The van der Waals surface area contributed by atoms with Crippen LogP contribution in [0, 0.1) is 0 Å². The highest BCUT2D eigenvalue weighted by Crippen LogP contribution is 2.33. The summed E-state index contributed by atoms with van der Waals surface area (Å²) in [5, 5.41) is 9.65. The molecular weight excluding hydrogens is 294 g/mol. The third-order valence-corrected chi connectivity index (χ3v) is 5.27. The van der Waals surface area contributed by atoms with Crippen LogP contribution in [0.2, 0.25) is 0 Å². The molecule has 0 radical (unpaired) electrons. The lowest BCUT2D eigenvalue weighted by Crippen LogP contribution is -2.16. The van der Waals surface area contributed by atoms with Gasteiger partial charge in [-0.1, -0.05) is 50.1 Å². The molecule has 1 aliphatic carbocycles. The molecule has 0 amide bonds. The van der Waals surface area contributed by atoms with Gasteiger partial charge >= 0.3 is 0 Å². The molecule has 2 heteroatoms. The first-order valence-electron chi connectivity index (χ1n) is 9.49. The van der Waals surface area contributed by atoms with Gasteiger partial charge in [-0.15, -0.1) is 0 Å². The van der Waals surface area contributed by atoms with Gasteiger partial charge in [0.2, 0.25) is 0 Å². The van der Waals surface area contributed by atoms with Crippen LogP contribution in [0.4, 0.5) is 0 Å². The maximum atomic E-state index is 9.65. The zero-order chi connectivity index (χ0) is 16.8. The topological polar surface area (TPSA) is 33.1 Å². The number of hydrogen-bond acceptors (Lipinski definition) is 2. The average molecular weight is 323 g/mol. The van der Waals surface area contributed by atoms with Crippen LogP contribution in [-0.4, -0.2) is 16.2 Å². The molecule has 2 aromatic rings. The van der Waals surface area contributed by atoms with E-state index in [-0.39, 0.29) is 6.10 Å². The number of aromatic nitrogens is 1.